The first-order valence-corrected chi connectivity index (χ1v) is 6.52. The maximum absolute atomic E-state index is 11.6. The van der Waals surface area contributed by atoms with Gasteiger partial charge in [-0.3, -0.25) is 9.59 Å². The first-order valence-electron chi connectivity index (χ1n) is 6.52. The van der Waals surface area contributed by atoms with Crippen LogP contribution >= 0.6 is 0 Å². The largest absolute Gasteiger partial charge is 0.369 e. The fourth-order valence-electron chi connectivity index (χ4n) is 1.59. The van der Waals surface area contributed by atoms with Crippen molar-refractivity contribution in [3.63, 3.8) is 0 Å². The van der Waals surface area contributed by atoms with Crippen molar-refractivity contribution in [2.75, 3.05) is 6.54 Å². The number of aryl methyl sites for hydroxylation is 1. The highest BCUT2D eigenvalue weighted by molar-refractivity contribution is 5.82. The third-order valence-electron chi connectivity index (χ3n) is 3.11. The number of carbonyl (C=O) groups is 2. The van der Waals surface area contributed by atoms with E-state index in [9.17, 15) is 9.59 Å². The minimum Gasteiger partial charge on any atom is -0.369 e. The molecule has 1 aromatic carbocycles. The average molecular weight is 262 g/mol. The van der Waals surface area contributed by atoms with Crippen molar-refractivity contribution in [1.29, 1.82) is 0 Å². The van der Waals surface area contributed by atoms with Crippen LogP contribution in [-0.2, 0) is 16.0 Å². The molecular formula is C15H22N2O2. The van der Waals surface area contributed by atoms with Crippen molar-refractivity contribution in [3.05, 3.63) is 35.9 Å². The van der Waals surface area contributed by atoms with Crippen LogP contribution in [0.5, 0.6) is 0 Å². The molecule has 0 atom stereocenters. The van der Waals surface area contributed by atoms with E-state index in [1.54, 1.807) is 13.8 Å². The third-order valence-corrected chi connectivity index (χ3v) is 3.11. The third kappa shape index (κ3) is 5.55. The summed E-state index contributed by atoms with van der Waals surface area (Å²) in [6.07, 6.45) is 2.14. The van der Waals surface area contributed by atoms with E-state index in [1.807, 2.05) is 30.3 Å². The molecule has 0 saturated heterocycles. The predicted molar refractivity (Wildman–Crippen MR) is 75.4 cm³/mol. The Labute approximate surface area is 114 Å². The van der Waals surface area contributed by atoms with Crippen LogP contribution in [0.25, 0.3) is 0 Å². The molecule has 0 spiro atoms. The van der Waals surface area contributed by atoms with Crippen molar-refractivity contribution < 1.29 is 9.59 Å². The lowest BCUT2D eigenvalue weighted by Gasteiger charge is -2.20. The number of amides is 2. The van der Waals surface area contributed by atoms with Crippen LogP contribution in [0.15, 0.2) is 30.3 Å². The van der Waals surface area contributed by atoms with E-state index < -0.39 is 11.3 Å². The molecule has 0 heterocycles. The Morgan fingerprint density at radius 3 is 2.42 bits per heavy atom. The lowest BCUT2D eigenvalue weighted by molar-refractivity contribution is -0.127. The van der Waals surface area contributed by atoms with Gasteiger partial charge in [0.15, 0.2) is 0 Å². The second-order valence-corrected chi connectivity index (χ2v) is 5.36. The van der Waals surface area contributed by atoms with Gasteiger partial charge in [0, 0.05) is 13.0 Å². The van der Waals surface area contributed by atoms with Crippen molar-refractivity contribution in [2.45, 2.75) is 33.1 Å². The first kappa shape index (κ1) is 15.2. The molecule has 3 N–H and O–H groups in total. The summed E-state index contributed by atoms with van der Waals surface area (Å²) in [5.41, 5.74) is 5.77. The molecule has 0 bridgehead atoms. The quantitative estimate of drug-likeness (QED) is 0.784. The van der Waals surface area contributed by atoms with Crippen molar-refractivity contribution in [2.24, 2.45) is 11.1 Å². The van der Waals surface area contributed by atoms with E-state index in [2.05, 4.69) is 5.32 Å². The molecule has 0 saturated carbocycles. The van der Waals surface area contributed by atoms with Crippen LogP contribution in [0.3, 0.4) is 0 Å². The summed E-state index contributed by atoms with van der Waals surface area (Å²) < 4.78 is 0. The van der Waals surface area contributed by atoms with Gasteiger partial charge in [-0.05, 0) is 32.3 Å². The van der Waals surface area contributed by atoms with Crippen LogP contribution in [0.1, 0.15) is 32.3 Å². The minimum atomic E-state index is -0.699. The van der Waals surface area contributed by atoms with E-state index in [4.69, 9.17) is 5.73 Å². The molecule has 104 valence electrons. The van der Waals surface area contributed by atoms with Crippen molar-refractivity contribution >= 4 is 11.8 Å². The second kappa shape index (κ2) is 6.92. The SMILES string of the molecule is CC(C)(CNC(=O)CCCc1ccccc1)C(N)=O. The number of nitrogens with two attached hydrogens (primary N) is 1. The highest BCUT2D eigenvalue weighted by Gasteiger charge is 2.25. The number of benzene rings is 1. The van der Waals surface area contributed by atoms with E-state index in [-0.39, 0.29) is 12.5 Å². The lowest BCUT2D eigenvalue weighted by Crippen LogP contribution is -2.42. The minimum absolute atomic E-state index is 0.0368. The van der Waals surface area contributed by atoms with Gasteiger partial charge < -0.3 is 11.1 Å². The highest BCUT2D eigenvalue weighted by atomic mass is 16.2. The topological polar surface area (TPSA) is 72.2 Å². The highest BCUT2D eigenvalue weighted by Crippen LogP contribution is 2.12. The predicted octanol–water partition coefficient (Wildman–Crippen LogP) is 1.64. The van der Waals surface area contributed by atoms with Gasteiger partial charge in [0.2, 0.25) is 11.8 Å². The van der Waals surface area contributed by atoms with E-state index in [0.717, 1.165) is 12.8 Å². The summed E-state index contributed by atoms with van der Waals surface area (Å²) in [6, 6.07) is 10.1. The summed E-state index contributed by atoms with van der Waals surface area (Å²) in [5.74, 6) is -0.442. The monoisotopic (exact) mass is 262 g/mol. The standard InChI is InChI=1S/C15H22N2O2/c1-15(2,14(16)19)11-17-13(18)10-6-9-12-7-4-3-5-8-12/h3-5,7-8H,6,9-11H2,1-2H3,(H2,16,19)(H,17,18). The van der Waals surface area contributed by atoms with E-state index in [1.165, 1.54) is 5.56 Å². The second-order valence-electron chi connectivity index (χ2n) is 5.36. The smallest absolute Gasteiger partial charge is 0.224 e. The van der Waals surface area contributed by atoms with Crippen LogP contribution in [0.4, 0.5) is 0 Å². The number of hydrogen-bond donors (Lipinski definition) is 2. The van der Waals surface area contributed by atoms with E-state index >= 15 is 0 Å². The molecule has 0 aliphatic rings. The normalized spacial score (nSPS) is 11.1. The summed E-state index contributed by atoms with van der Waals surface area (Å²) >= 11 is 0. The Morgan fingerprint density at radius 1 is 1.21 bits per heavy atom. The number of primary amides is 1. The Morgan fingerprint density at radius 2 is 1.84 bits per heavy atom. The van der Waals surface area contributed by atoms with Crippen LogP contribution in [-0.4, -0.2) is 18.4 Å². The molecule has 1 rings (SSSR count). The molecule has 0 radical (unpaired) electrons. The maximum Gasteiger partial charge on any atom is 0.224 e. The van der Waals surface area contributed by atoms with Crippen molar-refractivity contribution in [3.8, 4) is 0 Å². The van der Waals surface area contributed by atoms with E-state index in [0.29, 0.717) is 6.42 Å². The van der Waals surface area contributed by atoms with Crippen LogP contribution < -0.4 is 11.1 Å². The van der Waals surface area contributed by atoms with Gasteiger partial charge >= 0.3 is 0 Å². The maximum atomic E-state index is 11.6. The Balaban J connectivity index is 2.24. The summed E-state index contributed by atoms with van der Waals surface area (Å²) in [6.45, 7) is 3.73. The lowest BCUT2D eigenvalue weighted by atomic mass is 9.93. The average Bonchev–Trinajstić information content (AvgIpc) is 2.37. The molecule has 0 aromatic heterocycles. The summed E-state index contributed by atoms with van der Waals surface area (Å²) in [5, 5.41) is 2.75. The molecule has 4 heteroatoms. The van der Waals surface area contributed by atoms with Gasteiger partial charge in [-0.25, -0.2) is 0 Å². The molecule has 0 fully saturated rings. The van der Waals surface area contributed by atoms with Crippen LogP contribution in [0, 0.1) is 5.41 Å². The number of rotatable bonds is 7. The van der Waals surface area contributed by atoms with Gasteiger partial charge in [0.1, 0.15) is 0 Å². The van der Waals surface area contributed by atoms with Gasteiger partial charge in [0.05, 0.1) is 5.41 Å². The fourth-order valence-corrected chi connectivity index (χ4v) is 1.59. The number of hydrogen-bond acceptors (Lipinski definition) is 2. The Bertz CT molecular complexity index is 427. The Kier molecular flexibility index (Phi) is 5.55. The molecule has 2 amide bonds. The molecular weight excluding hydrogens is 240 g/mol. The number of nitrogens with one attached hydrogen (secondary N) is 1. The zero-order valence-electron chi connectivity index (χ0n) is 11.6. The summed E-state index contributed by atoms with van der Waals surface area (Å²) in [7, 11) is 0. The molecule has 0 aliphatic carbocycles. The van der Waals surface area contributed by atoms with Gasteiger partial charge in [-0.15, -0.1) is 0 Å². The fraction of sp³-hybridized carbons (Fsp3) is 0.467. The Hall–Kier alpha value is -1.84. The zero-order chi connectivity index (χ0) is 14.3. The summed E-state index contributed by atoms with van der Waals surface area (Å²) in [4.78, 5) is 22.7. The molecule has 19 heavy (non-hydrogen) atoms. The van der Waals surface area contributed by atoms with Crippen molar-refractivity contribution in [1.82, 2.24) is 5.32 Å². The molecule has 1 aromatic rings. The number of carbonyl (C=O) groups excluding carboxylic acids is 2. The van der Waals surface area contributed by atoms with Gasteiger partial charge in [-0.1, -0.05) is 30.3 Å². The molecule has 0 aliphatic heterocycles. The van der Waals surface area contributed by atoms with Crippen LogP contribution in [0.2, 0.25) is 0 Å². The van der Waals surface area contributed by atoms with Gasteiger partial charge in [-0.2, -0.15) is 0 Å². The van der Waals surface area contributed by atoms with Gasteiger partial charge in [0.25, 0.3) is 0 Å². The zero-order valence-corrected chi connectivity index (χ0v) is 11.6. The first-order chi connectivity index (χ1) is 8.92. The molecule has 0 unspecified atom stereocenters. The molecule has 4 nitrogen and oxygen atoms in total.